The second-order valence-corrected chi connectivity index (χ2v) is 7.96. The van der Waals surface area contributed by atoms with Crippen LogP contribution in [0.1, 0.15) is 16.8 Å². The first-order valence-electron chi connectivity index (χ1n) is 9.69. The number of ether oxygens (including phenoxy) is 1. The molecule has 2 amide bonds. The van der Waals surface area contributed by atoms with E-state index in [1.54, 1.807) is 42.8 Å². The molecule has 0 spiro atoms. The highest BCUT2D eigenvalue weighted by atomic mass is 32.2. The van der Waals surface area contributed by atoms with Crippen molar-refractivity contribution in [1.29, 1.82) is 0 Å². The Bertz CT molecular complexity index is 1150. The van der Waals surface area contributed by atoms with Crippen LogP contribution in [0.4, 0.5) is 29.5 Å². The molecule has 3 aromatic rings. The standard InChI is InChI=1S/C22H19F3N4O2S/c1-13-6-7-15(12-26-13)31-20-5-3-4-19(27-20)28-21(30)29-9-8-14-10-18(32-2)16(11-17(14)29)22(23,24)25/h3-7,10-12H,8-9H2,1-2H3,(H,27,28,30). The molecule has 1 aliphatic heterocycles. The number of carbonyl (C=O) groups is 1. The summed E-state index contributed by atoms with van der Waals surface area (Å²) in [5.74, 6) is 0.960. The smallest absolute Gasteiger partial charge is 0.417 e. The Morgan fingerprint density at radius 2 is 2.03 bits per heavy atom. The Labute approximate surface area is 186 Å². The summed E-state index contributed by atoms with van der Waals surface area (Å²) in [5.41, 5.74) is 1.06. The Balaban J connectivity index is 1.53. The molecule has 1 N–H and O–H groups in total. The maximum Gasteiger partial charge on any atom is 0.417 e. The number of hydrogen-bond donors (Lipinski definition) is 1. The van der Waals surface area contributed by atoms with Gasteiger partial charge in [0.1, 0.15) is 11.6 Å². The van der Waals surface area contributed by atoms with E-state index in [4.69, 9.17) is 4.74 Å². The van der Waals surface area contributed by atoms with Crippen LogP contribution in [0.2, 0.25) is 0 Å². The van der Waals surface area contributed by atoms with E-state index >= 15 is 0 Å². The van der Waals surface area contributed by atoms with Gasteiger partial charge in [-0.05, 0) is 55.5 Å². The number of alkyl halides is 3. The van der Waals surface area contributed by atoms with Crippen molar-refractivity contribution < 1.29 is 22.7 Å². The molecular formula is C22H19F3N4O2S. The number of hydrogen-bond acceptors (Lipinski definition) is 5. The van der Waals surface area contributed by atoms with Crippen LogP contribution in [-0.4, -0.2) is 28.8 Å². The van der Waals surface area contributed by atoms with E-state index in [-0.39, 0.29) is 28.8 Å². The first-order valence-corrected chi connectivity index (χ1v) is 10.9. The van der Waals surface area contributed by atoms with Gasteiger partial charge in [0, 0.05) is 28.9 Å². The molecule has 0 atom stereocenters. The monoisotopic (exact) mass is 460 g/mol. The zero-order valence-corrected chi connectivity index (χ0v) is 18.0. The average molecular weight is 460 g/mol. The van der Waals surface area contributed by atoms with Crippen molar-refractivity contribution in [2.45, 2.75) is 24.4 Å². The van der Waals surface area contributed by atoms with E-state index < -0.39 is 17.8 Å². The Hall–Kier alpha value is -3.27. The van der Waals surface area contributed by atoms with Crippen LogP contribution in [0, 0.1) is 6.92 Å². The molecule has 6 nitrogen and oxygen atoms in total. The van der Waals surface area contributed by atoms with E-state index in [9.17, 15) is 18.0 Å². The SMILES string of the molecule is CSc1cc2c(cc1C(F)(F)F)N(C(=O)Nc1cccc(Oc3ccc(C)nc3)n1)CC2. The fraction of sp³-hybridized carbons (Fsp3) is 0.227. The molecule has 1 aliphatic rings. The molecule has 32 heavy (non-hydrogen) atoms. The topological polar surface area (TPSA) is 67.4 Å². The zero-order chi connectivity index (χ0) is 22.9. The number of benzene rings is 1. The Kier molecular flexibility index (Phi) is 5.96. The van der Waals surface area contributed by atoms with Gasteiger partial charge in [-0.25, -0.2) is 4.79 Å². The third kappa shape index (κ3) is 4.64. The van der Waals surface area contributed by atoms with Gasteiger partial charge in [0.25, 0.3) is 0 Å². The summed E-state index contributed by atoms with van der Waals surface area (Å²) in [6.45, 7) is 2.13. The maximum absolute atomic E-state index is 13.5. The molecule has 0 bridgehead atoms. The minimum atomic E-state index is -4.50. The van der Waals surface area contributed by atoms with Crippen LogP contribution in [0.3, 0.4) is 0 Å². The van der Waals surface area contributed by atoms with E-state index in [0.29, 0.717) is 17.7 Å². The lowest BCUT2D eigenvalue weighted by Crippen LogP contribution is -2.33. The second kappa shape index (κ2) is 8.70. The molecular weight excluding hydrogens is 441 g/mol. The lowest BCUT2D eigenvalue weighted by molar-refractivity contribution is -0.139. The van der Waals surface area contributed by atoms with Gasteiger partial charge in [-0.3, -0.25) is 15.2 Å². The third-order valence-corrected chi connectivity index (χ3v) is 5.69. The molecule has 0 saturated heterocycles. The maximum atomic E-state index is 13.5. The van der Waals surface area contributed by atoms with Crippen molar-refractivity contribution >= 4 is 29.3 Å². The van der Waals surface area contributed by atoms with Gasteiger partial charge in [0.15, 0.2) is 0 Å². The Morgan fingerprint density at radius 3 is 2.72 bits per heavy atom. The van der Waals surface area contributed by atoms with Crippen LogP contribution in [0.25, 0.3) is 0 Å². The molecule has 0 radical (unpaired) electrons. The number of anilines is 2. The minimum absolute atomic E-state index is 0.149. The number of thioether (sulfide) groups is 1. The summed E-state index contributed by atoms with van der Waals surface area (Å²) in [4.78, 5) is 22.7. The molecule has 166 valence electrons. The second-order valence-electron chi connectivity index (χ2n) is 7.11. The van der Waals surface area contributed by atoms with E-state index in [1.807, 2.05) is 6.92 Å². The predicted molar refractivity (Wildman–Crippen MR) is 117 cm³/mol. The van der Waals surface area contributed by atoms with Gasteiger partial charge in [-0.2, -0.15) is 18.2 Å². The molecule has 4 rings (SSSR count). The molecule has 0 fully saturated rings. The van der Waals surface area contributed by atoms with Crippen LogP contribution in [0.15, 0.2) is 53.6 Å². The number of pyridine rings is 2. The van der Waals surface area contributed by atoms with Gasteiger partial charge in [-0.15, -0.1) is 11.8 Å². The van der Waals surface area contributed by atoms with Gasteiger partial charge in [0.05, 0.1) is 11.8 Å². The van der Waals surface area contributed by atoms with Crippen LogP contribution in [0.5, 0.6) is 11.6 Å². The third-order valence-electron chi connectivity index (χ3n) is 4.91. The number of aryl methyl sites for hydroxylation is 1. The van der Waals surface area contributed by atoms with Crippen molar-refractivity contribution in [1.82, 2.24) is 9.97 Å². The summed E-state index contributed by atoms with van der Waals surface area (Å²) in [6.07, 6.45) is -0.865. The fourth-order valence-electron chi connectivity index (χ4n) is 3.37. The van der Waals surface area contributed by atoms with E-state index in [1.165, 1.54) is 11.0 Å². The Morgan fingerprint density at radius 1 is 1.22 bits per heavy atom. The number of rotatable bonds is 4. The van der Waals surface area contributed by atoms with Gasteiger partial charge in [-0.1, -0.05) is 6.07 Å². The predicted octanol–water partition coefficient (Wildman–Crippen LogP) is 5.91. The summed E-state index contributed by atoms with van der Waals surface area (Å²) in [5, 5.41) is 2.64. The molecule has 0 saturated carbocycles. The van der Waals surface area contributed by atoms with E-state index in [0.717, 1.165) is 23.5 Å². The lowest BCUT2D eigenvalue weighted by Gasteiger charge is -2.20. The summed E-state index contributed by atoms with van der Waals surface area (Å²) < 4.78 is 46.0. The highest BCUT2D eigenvalue weighted by Crippen LogP contribution is 2.42. The number of halogens is 3. The molecule has 1 aromatic carbocycles. The summed E-state index contributed by atoms with van der Waals surface area (Å²) >= 11 is 1.04. The summed E-state index contributed by atoms with van der Waals surface area (Å²) in [7, 11) is 0. The number of fused-ring (bicyclic) bond motifs is 1. The van der Waals surface area contributed by atoms with Crippen molar-refractivity contribution in [2.24, 2.45) is 0 Å². The molecule has 3 heterocycles. The number of urea groups is 1. The molecule has 10 heteroatoms. The van der Waals surface area contributed by atoms with Crippen LogP contribution < -0.4 is 15.0 Å². The average Bonchev–Trinajstić information content (AvgIpc) is 3.17. The van der Waals surface area contributed by atoms with Crippen molar-refractivity contribution in [3.05, 3.63) is 65.5 Å². The largest absolute Gasteiger partial charge is 0.437 e. The van der Waals surface area contributed by atoms with E-state index in [2.05, 4.69) is 15.3 Å². The van der Waals surface area contributed by atoms with Crippen LogP contribution >= 0.6 is 11.8 Å². The van der Waals surface area contributed by atoms with Crippen molar-refractivity contribution in [3.63, 3.8) is 0 Å². The van der Waals surface area contributed by atoms with Gasteiger partial charge < -0.3 is 4.74 Å². The highest BCUT2D eigenvalue weighted by Gasteiger charge is 2.36. The van der Waals surface area contributed by atoms with Crippen molar-refractivity contribution in [3.8, 4) is 11.6 Å². The number of carbonyl (C=O) groups excluding carboxylic acids is 1. The van der Waals surface area contributed by atoms with Gasteiger partial charge in [0.2, 0.25) is 5.88 Å². The van der Waals surface area contributed by atoms with Crippen molar-refractivity contribution in [2.75, 3.05) is 23.0 Å². The first-order chi connectivity index (χ1) is 15.2. The molecule has 0 aliphatic carbocycles. The number of aromatic nitrogens is 2. The molecule has 2 aromatic heterocycles. The summed E-state index contributed by atoms with van der Waals surface area (Å²) in [6, 6.07) is 10.4. The number of amides is 2. The minimum Gasteiger partial charge on any atom is -0.437 e. The first kappa shape index (κ1) is 21.9. The number of nitrogens with zero attached hydrogens (tertiary/aromatic N) is 3. The lowest BCUT2D eigenvalue weighted by atomic mass is 10.1. The highest BCUT2D eigenvalue weighted by molar-refractivity contribution is 7.98. The molecule has 0 unspecified atom stereocenters. The quantitative estimate of drug-likeness (QED) is 0.490. The number of nitrogens with one attached hydrogen (secondary N) is 1. The normalized spacial score (nSPS) is 13.1. The zero-order valence-electron chi connectivity index (χ0n) is 17.2. The fourth-order valence-corrected chi connectivity index (χ4v) is 4.02. The van der Waals surface area contributed by atoms with Crippen LogP contribution in [-0.2, 0) is 12.6 Å². The van der Waals surface area contributed by atoms with Gasteiger partial charge >= 0.3 is 12.2 Å².